The van der Waals surface area contributed by atoms with Gasteiger partial charge in [-0.3, -0.25) is 10.1 Å². The van der Waals surface area contributed by atoms with Crippen molar-refractivity contribution < 1.29 is 23.0 Å². The summed E-state index contributed by atoms with van der Waals surface area (Å²) in [5.74, 6) is -2.45. The van der Waals surface area contributed by atoms with Crippen LogP contribution in [0.5, 0.6) is 0 Å². The number of halogens is 2. The first-order valence-electron chi connectivity index (χ1n) is 9.32. The predicted molar refractivity (Wildman–Crippen MR) is 99.2 cm³/mol. The summed E-state index contributed by atoms with van der Waals surface area (Å²) in [6, 6.07) is 0.917. The zero-order valence-corrected chi connectivity index (χ0v) is 16.1. The van der Waals surface area contributed by atoms with E-state index in [-0.39, 0.29) is 11.5 Å². The van der Waals surface area contributed by atoms with Gasteiger partial charge in [0.15, 0.2) is 17.3 Å². The molecule has 1 saturated carbocycles. The Morgan fingerprint density at radius 3 is 2.19 bits per heavy atom. The molecule has 2 fully saturated rings. The van der Waals surface area contributed by atoms with Gasteiger partial charge in [0.05, 0.1) is 16.1 Å². The first kappa shape index (κ1) is 20.0. The van der Waals surface area contributed by atoms with E-state index in [0.717, 1.165) is 38.2 Å². The van der Waals surface area contributed by atoms with Crippen LogP contribution in [-0.2, 0) is 9.31 Å². The van der Waals surface area contributed by atoms with E-state index in [2.05, 4.69) is 5.32 Å². The average Bonchev–Trinajstić information content (AvgIpc) is 2.80. The third-order valence-corrected chi connectivity index (χ3v) is 5.87. The molecular formula is C18H25BF2N2O4. The summed E-state index contributed by atoms with van der Waals surface area (Å²) in [6.45, 7) is 7.09. The molecule has 6 nitrogen and oxygen atoms in total. The normalized spacial score (nSPS) is 22.1. The minimum absolute atomic E-state index is 0.103. The molecule has 0 unspecified atom stereocenters. The van der Waals surface area contributed by atoms with Crippen molar-refractivity contribution in [2.45, 2.75) is 77.0 Å². The summed E-state index contributed by atoms with van der Waals surface area (Å²) >= 11 is 0. The number of nitrogens with zero attached hydrogens (tertiary/aromatic N) is 1. The van der Waals surface area contributed by atoms with Crippen LogP contribution in [0.25, 0.3) is 0 Å². The lowest BCUT2D eigenvalue weighted by Crippen LogP contribution is -2.41. The second kappa shape index (κ2) is 7.02. The van der Waals surface area contributed by atoms with Crippen molar-refractivity contribution in [1.29, 1.82) is 0 Å². The molecule has 1 N–H and O–H groups in total. The van der Waals surface area contributed by atoms with Gasteiger partial charge in [-0.2, -0.15) is 0 Å². The topological polar surface area (TPSA) is 73.6 Å². The van der Waals surface area contributed by atoms with Crippen LogP contribution >= 0.6 is 0 Å². The third kappa shape index (κ3) is 3.67. The van der Waals surface area contributed by atoms with Gasteiger partial charge in [-0.15, -0.1) is 0 Å². The van der Waals surface area contributed by atoms with E-state index in [4.69, 9.17) is 9.31 Å². The Hall–Kier alpha value is -1.74. The molecule has 27 heavy (non-hydrogen) atoms. The Morgan fingerprint density at radius 1 is 1.11 bits per heavy atom. The van der Waals surface area contributed by atoms with Gasteiger partial charge in [-0.05, 0) is 40.5 Å². The molecule has 0 radical (unpaired) electrons. The lowest BCUT2D eigenvalue weighted by molar-refractivity contribution is -0.384. The number of anilines is 1. The lowest BCUT2D eigenvalue weighted by Gasteiger charge is -2.32. The largest absolute Gasteiger partial charge is 0.498 e. The fraction of sp³-hybridized carbons (Fsp3) is 0.667. The smallest absolute Gasteiger partial charge is 0.399 e. The third-order valence-electron chi connectivity index (χ3n) is 5.87. The van der Waals surface area contributed by atoms with Gasteiger partial charge in [0, 0.05) is 17.6 Å². The zero-order valence-electron chi connectivity index (χ0n) is 16.1. The van der Waals surface area contributed by atoms with Crippen molar-refractivity contribution in [3.05, 3.63) is 27.8 Å². The summed E-state index contributed by atoms with van der Waals surface area (Å²) in [4.78, 5) is 10.8. The number of hydrogen-bond donors (Lipinski definition) is 1. The fourth-order valence-corrected chi connectivity index (χ4v) is 3.51. The highest BCUT2D eigenvalue weighted by Crippen LogP contribution is 2.38. The zero-order chi connectivity index (χ0) is 20.0. The number of nitrogens with one attached hydrogen (secondary N) is 1. The fourth-order valence-electron chi connectivity index (χ4n) is 3.51. The number of rotatable bonds is 4. The van der Waals surface area contributed by atoms with Gasteiger partial charge >= 0.3 is 7.12 Å². The molecule has 0 atom stereocenters. The number of nitro groups is 1. The van der Waals surface area contributed by atoms with Crippen LogP contribution in [0, 0.1) is 21.7 Å². The Morgan fingerprint density at radius 2 is 1.67 bits per heavy atom. The lowest BCUT2D eigenvalue weighted by atomic mass is 9.78. The molecule has 148 valence electrons. The molecule has 0 aromatic heterocycles. The summed E-state index contributed by atoms with van der Waals surface area (Å²) < 4.78 is 41.1. The molecule has 2 aliphatic rings. The van der Waals surface area contributed by atoms with E-state index in [1.165, 1.54) is 0 Å². The SMILES string of the molecule is CC1(C)OB(c2cc([N+](=O)[O-])c(NC3CCCCC3)c(F)c2F)OC1(C)C. The highest BCUT2D eigenvalue weighted by atomic mass is 19.2. The molecule has 1 aromatic rings. The van der Waals surface area contributed by atoms with Crippen LogP contribution in [0.3, 0.4) is 0 Å². The second-order valence-corrected chi connectivity index (χ2v) is 8.31. The van der Waals surface area contributed by atoms with Crippen LogP contribution in [0.15, 0.2) is 6.07 Å². The van der Waals surface area contributed by atoms with E-state index in [1.54, 1.807) is 27.7 Å². The molecule has 3 rings (SSSR count). The molecule has 1 aromatic carbocycles. The van der Waals surface area contributed by atoms with Crippen LogP contribution in [0.2, 0.25) is 0 Å². The van der Waals surface area contributed by atoms with Gasteiger partial charge in [0.25, 0.3) is 5.69 Å². The van der Waals surface area contributed by atoms with Crippen molar-refractivity contribution in [2.75, 3.05) is 5.32 Å². The molecule has 1 aliphatic carbocycles. The first-order valence-corrected chi connectivity index (χ1v) is 9.32. The summed E-state index contributed by atoms with van der Waals surface area (Å²) in [5.41, 5.74) is -2.75. The van der Waals surface area contributed by atoms with Crippen molar-refractivity contribution in [2.24, 2.45) is 0 Å². The Kier molecular flexibility index (Phi) is 5.20. The maximum Gasteiger partial charge on any atom is 0.498 e. The molecule has 0 spiro atoms. The minimum Gasteiger partial charge on any atom is -0.399 e. The maximum absolute atomic E-state index is 14.8. The summed E-state index contributed by atoms with van der Waals surface area (Å²) in [6.07, 6.45) is 4.55. The Labute approximate surface area is 157 Å². The van der Waals surface area contributed by atoms with Gasteiger partial charge in [-0.1, -0.05) is 19.3 Å². The highest BCUT2D eigenvalue weighted by Gasteiger charge is 2.53. The quantitative estimate of drug-likeness (QED) is 0.486. The second-order valence-electron chi connectivity index (χ2n) is 8.31. The Balaban J connectivity index is 1.99. The molecule has 9 heteroatoms. The van der Waals surface area contributed by atoms with E-state index in [9.17, 15) is 18.9 Å². The highest BCUT2D eigenvalue weighted by molar-refractivity contribution is 6.62. The van der Waals surface area contributed by atoms with Gasteiger partial charge in [-0.25, -0.2) is 8.78 Å². The number of hydrogen-bond acceptors (Lipinski definition) is 5. The van der Waals surface area contributed by atoms with Crippen molar-refractivity contribution in [3.63, 3.8) is 0 Å². The Bertz CT molecular complexity index is 735. The molecule has 1 heterocycles. The predicted octanol–water partition coefficient (Wildman–Crippen LogP) is 3.92. The minimum atomic E-state index is -1.26. The number of nitro benzene ring substituents is 1. The van der Waals surface area contributed by atoms with Crippen molar-refractivity contribution in [1.82, 2.24) is 0 Å². The number of benzene rings is 1. The van der Waals surface area contributed by atoms with E-state index in [0.29, 0.717) is 0 Å². The van der Waals surface area contributed by atoms with Crippen LogP contribution in [0.1, 0.15) is 59.8 Å². The maximum atomic E-state index is 14.8. The average molecular weight is 382 g/mol. The molecule has 1 saturated heterocycles. The van der Waals surface area contributed by atoms with E-state index >= 15 is 0 Å². The van der Waals surface area contributed by atoms with Crippen LogP contribution < -0.4 is 10.8 Å². The van der Waals surface area contributed by atoms with E-state index < -0.39 is 46.3 Å². The molecule has 1 aliphatic heterocycles. The first-order chi connectivity index (χ1) is 12.5. The standard InChI is InChI=1S/C18H25BF2N2O4/c1-17(2)18(3,4)27-19(26-17)12-10-13(23(24)25)16(15(21)14(12)20)22-11-8-6-5-7-9-11/h10-11,22H,5-9H2,1-4H3. The van der Waals surface area contributed by atoms with Gasteiger partial charge < -0.3 is 14.6 Å². The molecule has 0 bridgehead atoms. The molecular weight excluding hydrogens is 357 g/mol. The van der Waals surface area contributed by atoms with Crippen LogP contribution in [0.4, 0.5) is 20.2 Å². The molecule has 0 amide bonds. The summed E-state index contributed by atoms with van der Waals surface area (Å²) in [5, 5.41) is 14.4. The van der Waals surface area contributed by atoms with E-state index in [1.807, 2.05) is 0 Å². The van der Waals surface area contributed by atoms with Crippen LogP contribution in [-0.4, -0.2) is 29.3 Å². The van der Waals surface area contributed by atoms with Crippen molar-refractivity contribution in [3.8, 4) is 0 Å². The van der Waals surface area contributed by atoms with Gasteiger partial charge in [0.2, 0.25) is 0 Å². The monoisotopic (exact) mass is 382 g/mol. The summed E-state index contributed by atoms with van der Waals surface area (Å²) in [7, 11) is -1.22. The van der Waals surface area contributed by atoms with Gasteiger partial charge in [0.1, 0.15) is 0 Å². The van der Waals surface area contributed by atoms with Crippen molar-refractivity contribution >= 4 is 24.0 Å².